The number of rotatable bonds is 4. The number of aromatic hydroxyl groups is 1. The molecule has 0 aliphatic heterocycles. The second-order valence-electron chi connectivity index (χ2n) is 6.68. The van der Waals surface area contributed by atoms with Gasteiger partial charge in [0.1, 0.15) is 11.4 Å². The first-order chi connectivity index (χ1) is 14.3. The molecular weight excluding hydrogens is 426 g/mol. The zero-order chi connectivity index (χ0) is 21.5. The first kappa shape index (κ1) is 20.0. The van der Waals surface area contributed by atoms with Gasteiger partial charge in [0, 0.05) is 22.4 Å². The van der Waals surface area contributed by atoms with Crippen molar-refractivity contribution in [3.8, 4) is 34.0 Å². The maximum atomic E-state index is 12.8. The Bertz CT molecular complexity index is 1390. The number of phenolic OH excluding ortho intramolecular Hbond substituents is 1. The maximum Gasteiger partial charge on any atom is 0.424 e. The lowest BCUT2D eigenvalue weighted by atomic mass is 10.1. The molecule has 152 valence electrons. The Hall–Kier alpha value is -3.29. The molecule has 0 saturated carbocycles. The smallest absolute Gasteiger partial charge is 0.424 e. The van der Waals surface area contributed by atoms with Crippen molar-refractivity contribution in [1.82, 2.24) is 4.57 Å². The molecule has 1 N–H and O–H groups in total. The molecule has 4 aromatic rings. The molecule has 0 amide bonds. The van der Waals surface area contributed by atoms with E-state index in [0.717, 1.165) is 6.26 Å². The van der Waals surface area contributed by atoms with Crippen molar-refractivity contribution in [3.63, 3.8) is 0 Å². The van der Waals surface area contributed by atoms with Gasteiger partial charge in [0.05, 0.1) is 10.6 Å². The summed E-state index contributed by atoms with van der Waals surface area (Å²) in [5.74, 6) is -0.613. The first-order valence-corrected chi connectivity index (χ1v) is 11.1. The SMILES string of the molecule is CS(=O)(=O)c1ccc(-c2oc(=O)n(-c3cc(Cl)ccc3O)c2-c2ccccc2)cc1. The summed E-state index contributed by atoms with van der Waals surface area (Å²) >= 11 is 6.09. The largest absolute Gasteiger partial charge is 0.506 e. The van der Waals surface area contributed by atoms with Crippen LogP contribution in [0.1, 0.15) is 0 Å². The van der Waals surface area contributed by atoms with Gasteiger partial charge < -0.3 is 9.52 Å². The maximum absolute atomic E-state index is 12.8. The minimum absolute atomic E-state index is 0.140. The van der Waals surface area contributed by atoms with Crippen molar-refractivity contribution in [1.29, 1.82) is 0 Å². The number of sulfone groups is 1. The molecule has 1 aromatic heterocycles. The molecule has 0 unspecified atom stereocenters. The Morgan fingerprint density at radius 3 is 2.23 bits per heavy atom. The fourth-order valence-electron chi connectivity index (χ4n) is 3.17. The van der Waals surface area contributed by atoms with Gasteiger partial charge >= 0.3 is 5.76 Å². The van der Waals surface area contributed by atoms with E-state index in [1.165, 1.54) is 34.9 Å². The van der Waals surface area contributed by atoms with E-state index in [1.807, 2.05) is 18.2 Å². The molecule has 1 heterocycles. The van der Waals surface area contributed by atoms with Crippen molar-refractivity contribution in [2.24, 2.45) is 0 Å². The van der Waals surface area contributed by atoms with Crippen molar-refractivity contribution in [3.05, 3.63) is 88.4 Å². The van der Waals surface area contributed by atoms with Crippen molar-refractivity contribution in [2.75, 3.05) is 6.26 Å². The predicted molar refractivity (Wildman–Crippen MR) is 115 cm³/mol. The van der Waals surface area contributed by atoms with E-state index in [4.69, 9.17) is 16.0 Å². The molecule has 0 radical (unpaired) electrons. The van der Waals surface area contributed by atoms with Gasteiger partial charge in [0.15, 0.2) is 15.6 Å². The fourth-order valence-corrected chi connectivity index (χ4v) is 3.97. The van der Waals surface area contributed by atoms with Gasteiger partial charge in [-0.1, -0.05) is 41.9 Å². The van der Waals surface area contributed by atoms with E-state index in [1.54, 1.807) is 24.3 Å². The highest BCUT2D eigenvalue weighted by Crippen LogP contribution is 2.36. The summed E-state index contributed by atoms with van der Waals surface area (Å²) in [6.45, 7) is 0. The molecule has 4 rings (SSSR count). The van der Waals surface area contributed by atoms with E-state index in [9.17, 15) is 18.3 Å². The number of benzene rings is 3. The highest BCUT2D eigenvalue weighted by Gasteiger charge is 2.23. The van der Waals surface area contributed by atoms with Crippen LogP contribution in [-0.2, 0) is 9.84 Å². The van der Waals surface area contributed by atoms with Crippen LogP contribution in [0.4, 0.5) is 0 Å². The average Bonchev–Trinajstić information content (AvgIpc) is 3.07. The quantitative estimate of drug-likeness (QED) is 0.502. The van der Waals surface area contributed by atoms with E-state index in [0.29, 0.717) is 21.8 Å². The molecule has 0 spiro atoms. The molecule has 0 fully saturated rings. The van der Waals surface area contributed by atoms with Gasteiger partial charge in [-0.2, -0.15) is 0 Å². The third kappa shape index (κ3) is 3.65. The summed E-state index contributed by atoms with van der Waals surface area (Å²) in [5, 5.41) is 10.7. The van der Waals surface area contributed by atoms with Crippen LogP contribution in [0.3, 0.4) is 0 Å². The number of oxazole rings is 1. The van der Waals surface area contributed by atoms with Gasteiger partial charge in [-0.05, 0) is 42.5 Å². The van der Waals surface area contributed by atoms with Crippen LogP contribution in [0.15, 0.2) is 86.9 Å². The topological polar surface area (TPSA) is 89.5 Å². The minimum Gasteiger partial charge on any atom is -0.506 e. The Balaban J connectivity index is 2.01. The Labute approximate surface area is 177 Å². The van der Waals surface area contributed by atoms with Gasteiger partial charge in [-0.15, -0.1) is 0 Å². The highest BCUT2D eigenvalue weighted by atomic mass is 35.5. The second kappa shape index (κ2) is 7.51. The molecule has 0 aliphatic carbocycles. The number of phenols is 1. The zero-order valence-electron chi connectivity index (χ0n) is 15.7. The monoisotopic (exact) mass is 441 g/mol. The Morgan fingerprint density at radius 2 is 1.60 bits per heavy atom. The summed E-state index contributed by atoms with van der Waals surface area (Å²) in [6.07, 6.45) is 1.12. The van der Waals surface area contributed by atoms with Gasteiger partial charge in [-0.25, -0.2) is 17.8 Å². The number of hydrogen-bond acceptors (Lipinski definition) is 5. The lowest BCUT2D eigenvalue weighted by Crippen LogP contribution is -2.13. The lowest BCUT2D eigenvalue weighted by Gasteiger charge is -2.10. The summed E-state index contributed by atoms with van der Waals surface area (Å²) in [5.41, 5.74) is 1.77. The first-order valence-electron chi connectivity index (χ1n) is 8.86. The number of halogens is 1. The number of aromatic nitrogens is 1. The summed E-state index contributed by atoms with van der Waals surface area (Å²) < 4.78 is 30.3. The molecule has 8 heteroatoms. The summed E-state index contributed by atoms with van der Waals surface area (Å²) in [7, 11) is -3.37. The second-order valence-corrected chi connectivity index (χ2v) is 9.13. The minimum atomic E-state index is -3.37. The molecule has 0 saturated heterocycles. The molecule has 3 aromatic carbocycles. The van der Waals surface area contributed by atoms with Gasteiger partial charge in [-0.3, -0.25) is 0 Å². The molecule has 6 nitrogen and oxygen atoms in total. The van der Waals surface area contributed by atoms with E-state index < -0.39 is 15.6 Å². The third-order valence-corrected chi connectivity index (χ3v) is 5.94. The van der Waals surface area contributed by atoms with Gasteiger partial charge in [0.25, 0.3) is 0 Å². The number of nitrogens with zero attached hydrogens (tertiary/aromatic N) is 1. The van der Waals surface area contributed by atoms with Crippen LogP contribution in [0.25, 0.3) is 28.3 Å². The summed E-state index contributed by atoms with van der Waals surface area (Å²) in [4.78, 5) is 13.0. The van der Waals surface area contributed by atoms with Crippen molar-refractivity contribution in [2.45, 2.75) is 4.90 Å². The third-order valence-electron chi connectivity index (χ3n) is 4.58. The normalized spacial score (nSPS) is 11.5. The van der Waals surface area contributed by atoms with Crippen LogP contribution in [0.5, 0.6) is 5.75 Å². The van der Waals surface area contributed by atoms with Crippen LogP contribution < -0.4 is 5.76 Å². The standard InChI is InChI=1S/C22H16ClNO5S/c1-30(27,28)17-10-7-15(8-11-17)21-20(14-5-3-2-4-6-14)24(22(26)29-21)18-13-16(23)9-12-19(18)25/h2-13,25H,1H3. The van der Waals surface area contributed by atoms with Crippen molar-refractivity contribution < 1.29 is 17.9 Å². The predicted octanol–water partition coefficient (Wildman–Crippen LogP) is 4.53. The number of hydrogen-bond donors (Lipinski definition) is 1. The summed E-state index contributed by atoms with van der Waals surface area (Å²) in [6, 6.07) is 19.5. The van der Waals surface area contributed by atoms with Crippen LogP contribution in [0, 0.1) is 0 Å². The average molecular weight is 442 g/mol. The molecule has 0 bridgehead atoms. The van der Waals surface area contributed by atoms with Gasteiger partial charge in [0.2, 0.25) is 0 Å². The Kier molecular flexibility index (Phi) is 5.01. The Morgan fingerprint density at radius 1 is 0.933 bits per heavy atom. The molecule has 0 atom stereocenters. The van der Waals surface area contributed by atoms with E-state index in [2.05, 4.69) is 0 Å². The lowest BCUT2D eigenvalue weighted by molar-refractivity contribution is 0.466. The van der Waals surface area contributed by atoms with Crippen LogP contribution in [-0.4, -0.2) is 24.3 Å². The molecular formula is C22H16ClNO5S. The highest BCUT2D eigenvalue weighted by molar-refractivity contribution is 7.90. The van der Waals surface area contributed by atoms with Crippen molar-refractivity contribution >= 4 is 21.4 Å². The van der Waals surface area contributed by atoms with E-state index >= 15 is 0 Å². The molecule has 30 heavy (non-hydrogen) atoms. The fraction of sp³-hybridized carbons (Fsp3) is 0.0455. The molecule has 0 aliphatic rings. The zero-order valence-corrected chi connectivity index (χ0v) is 17.3. The van der Waals surface area contributed by atoms with E-state index in [-0.39, 0.29) is 22.1 Å². The van der Waals surface area contributed by atoms with Crippen LogP contribution >= 0.6 is 11.6 Å². The van der Waals surface area contributed by atoms with Crippen LogP contribution in [0.2, 0.25) is 5.02 Å².